The van der Waals surface area contributed by atoms with Crippen molar-refractivity contribution in [3.63, 3.8) is 0 Å². The van der Waals surface area contributed by atoms with Crippen molar-refractivity contribution >= 4 is 5.91 Å². The Morgan fingerprint density at radius 1 is 1.43 bits per heavy atom. The van der Waals surface area contributed by atoms with Crippen LogP contribution in [-0.4, -0.2) is 43.6 Å². The summed E-state index contributed by atoms with van der Waals surface area (Å²) < 4.78 is 45.6. The van der Waals surface area contributed by atoms with Crippen LogP contribution in [0.3, 0.4) is 0 Å². The molecule has 2 rings (SSSR count). The van der Waals surface area contributed by atoms with Crippen LogP contribution in [0.4, 0.5) is 13.2 Å². The molecule has 1 aromatic rings. The maximum atomic E-state index is 12.0. The van der Waals surface area contributed by atoms with Crippen molar-refractivity contribution in [3.8, 4) is 5.75 Å². The largest absolute Gasteiger partial charge is 0.491 e. The third kappa shape index (κ3) is 4.33. The van der Waals surface area contributed by atoms with Gasteiger partial charge in [-0.3, -0.25) is 4.79 Å². The molecule has 1 aliphatic rings. The predicted molar refractivity (Wildman–Crippen MR) is 66.1 cm³/mol. The normalized spacial score (nSPS) is 16.5. The fourth-order valence-corrected chi connectivity index (χ4v) is 1.86. The molecule has 1 aromatic carbocycles. The summed E-state index contributed by atoms with van der Waals surface area (Å²) >= 11 is 0. The molecule has 1 aliphatic heterocycles. The summed E-state index contributed by atoms with van der Waals surface area (Å²) in [4.78, 5) is 11.8. The fourth-order valence-electron chi connectivity index (χ4n) is 1.86. The number of hydrogen-bond acceptors (Lipinski definition) is 4. The second kappa shape index (κ2) is 6.31. The number of amides is 1. The smallest absolute Gasteiger partial charge is 0.411 e. The molecular weight excluding hydrogens is 291 g/mol. The Kier molecular flexibility index (Phi) is 4.69. The van der Waals surface area contributed by atoms with Gasteiger partial charge in [-0.1, -0.05) is 6.07 Å². The first-order chi connectivity index (χ1) is 9.87. The van der Waals surface area contributed by atoms with Crippen molar-refractivity contribution in [2.45, 2.75) is 12.3 Å². The number of nitrogens with one attached hydrogen (secondary N) is 1. The zero-order valence-corrected chi connectivity index (χ0v) is 10.9. The summed E-state index contributed by atoms with van der Waals surface area (Å²) in [5, 5.41) is 12.4. The molecule has 0 saturated heterocycles. The Bertz CT molecular complexity index is 519. The van der Waals surface area contributed by atoms with E-state index >= 15 is 0 Å². The van der Waals surface area contributed by atoms with Gasteiger partial charge in [-0.05, 0) is 17.7 Å². The Labute approximate surface area is 118 Å². The Morgan fingerprint density at radius 2 is 2.19 bits per heavy atom. The molecule has 1 unspecified atom stereocenters. The number of aliphatic hydroxyl groups excluding tert-OH is 1. The summed E-state index contributed by atoms with van der Waals surface area (Å²) in [6.45, 7) is -1.26. The number of hydrogen-bond donors (Lipinski definition) is 2. The second-order valence-electron chi connectivity index (χ2n) is 4.51. The lowest BCUT2D eigenvalue weighted by Crippen LogP contribution is -2.24. The quantitative estimate of drug-likeness (QED) is 0.883. The van der Waals surface area contributed by atoms with Crippen LogP contribution in [0.1, 0.15) is 22.0 Å². The predicted octanol–water partition coefficient (Wildman–Crippen LogP) is 1.42. The van der Waals surface area contributed by atoms with Crippen molar-refractivity contribution in [2.75, 3.05) is 26.4 Å². The lowest BCUT2D eigenvalue weighted by molar-refractivity contribution is -0.179. The van der Waals surface area contributed by atoms with Gasteiger partial charge in [0.05, 0.1) is 18.7 Å². The third-order valence-electron chi connectivity index (χ3n) is 2.82. The van der Waals surface area contributed by atoms with Crippen LogP contribution in [0.5, 0.6) is 5.75 Å². The number of rotatable bonds is 4. The molecule has 21 heavy (non-hydrogen) atoms. The molecule has 8 heteroatoms. The highest BCUT2D eigenvalue weighted by Gasteiger charge is 2.28. The SMILES string of the molecule is O=C1NCCOc2ccc(C(O)COCC(F)(F)F)cc21. The minimum atomic E-state index is -4.44. The van der Waals surface area contributed by atoms with Crippen LogP contribution in [-0.2, 0) is 4.74 Å². The highest BCUT2D eigenvalue weighted by Crippen LogP contribution is 2.25. The molecule has 5 nitrogen and oxygen atoms in total. The van der Waals surface area contributed by atoms with Gasteiger partial charge < -0.3 is 19.9 Å². The van der Waals surface area contributed by atoms with E-state index in [1.165, 1.54) is 18.2 Å². The number of carbonyl (C=O) groups excluding carboxylic acids is 1. The van der Waals surface area contributed by atoms with Gasteiger partial charge in [-0.2, -0.15) is 13.2 Å². The molecular formula is C13H14F3NO4. The van der Waals surface area contributed by atoms with E-state index in [1.807, 2.05) is 0 Å². The average Bonchev–Trinajstić information content (AvgIpc) is 2.59. The Morgan fingerprint density at radius 3 is 2.90 bits per heavy atom. The molecule has 0 aromatic heterocycles. The summed E-state index contributed by atoms with van der Waals surface area (Å²) in [5.41, 5.74) is 0.524. The topological polar surface area (TPSA) is 67.8 Å². The van der Waals surface area contributed by atoms with Gasteiger partial charge in [0.1, 0.15) is 25.1 Å². The molecule has 1 heterocycles. The van der Waals surface area contributed by atoms with E-state index in [2.05, 4.69) is 10.1 Å². The third-order valence-corrected chi connectivity index (χ3v) is 2.82. The van der Waals surface area contributed by atoms with E-state index in [0.29, 0.717) is 18.9 Å². The zero-order valence-electron chi connectivity index (χ0n) is 10.9. The maximum Gasteiger partial charge on any atom is 0.411 e. The highest BCUT2D eigenvalue weighted by molar-refractivity contribution is 5.97. The van der Waals surface area contributed by atoms with Crippen LogP contribution in [0.25, 0.3) is 0 Å². The molecule has 0 saturated carbocycles. The van der Waals surface area contributed by atoms with Gasteiger partial charge in [0.2, 0.25) is 0 Å². The number of ether oxygens (including phenoxy) is 2. The van der Waals surface area contributed by atoms with Crippen molar-refractivity contribution in [2.24, 2.45) is 0 Å². The number of alkyl halides is 3. The van der Waals surface area contributed by atoms with Gasteiger partial charge >= 0.3 is 6.18 Å². The van der Waals surface area contributed by atoms with E-state index in [9.17, 15) is 23.1 Å². The first kappa shape index (κ1) is 15.6. The molecule has 0 aliphatic carbocycles. The molecule has 0 radical (unpaired) electrons. The number of fused-ring (bicyclic) bond motifs is 1. The maximum absolute atomic E-state index is 12.0. The lowest BCUT2D eigenvalue weighted by atomic mass is 10.0. The molecule has 0 bridgehead atoms. The van der Waals surface area contributed by atoms with E-state index in [4.69, 9.17) is 4.74 Å². The lowest BCUT2D eigenvalue weighted by Gasteiger charge is -2.14. The van der Waals surface area contributed by atoms with Crippen molar-refractivity contribution < 1.29 is 32.5 Å². The second-order valence-corrected chi connectivity index (χ2v) is 4.51. The molecule has 0 fully saturated rings. The minimum absolute atomic E-state index is 0.236. The van der Waals surface area contributed by atoms with Gasteiger partial charge in [0.15, 0.2) is 0 Å². The van der Waals surface area contributed by atoms with E-state index in [0.717, 1.165) is 0 Å². The van der Waals surface area contributed by atoms with Crippen LogP contribution < -0.4 is 10.1 Å². The van der Waals surface area contributed by atoms with Crippen LogP contribution in [0.2, 0.25) is 0 Å². The zero-order chi connectivity index (χ0) is 15.5. The summed E-state index contributed by atoms with van der Waals surface area (Å²) in [5.74, 6) is 0.0184. The average molecular weight is 305 g/mol. The Balaban J connectivity index is 2.05. The fraction of sp³-hybridized carbons (Fsp3) is 0.462. The first-order valence-electron chi connectivity index (χ1n) is 6.24. The Hall–Kier alpha value is -1.80. The first-order valence-corrected chi connectivity index (χ1v) is 6.24. The van der Waals surface area contributed by atoms with Crippen LogP contribution >= 0.6 is 0 Å². The summed E-state index contributed by atoms with van der Waals surface area (Å²) in [6.07, 6.45) is -5.70. The molecule has 1 atom stereocenters. The standard InChI is InChI=1S/C13H14F3NO4/c14-13(15,16)7-20-6-10(18)8-1-2-11-9(5-8)12(19)17-3-4-21-11/h1-2,5,10,18H,3-4,6-7H2,(H,17,19). The van der Waals surface area contributed by atoms with Crippen LogP contribution in [0, 0.1) is 0 Å². The number of halogens is 3. The summed E-state index contributed by atoms with van der Waals surface area (Å²) in [6, 6.07) is 4.37. The number of aliphatic hydroxyl groups is 1. The molecule has 2 N–H and O–H groups in total. The van der Waals surface area contributed by atoms with Gasteiger partial charge in [-0.15, -0.1) is 0 Å². The van der Waals surface area contributed by atoms with Crippen molar-refractivity contribution in [1.29, 1.82) is 0 Å². The molecule has 1 amide bonds. The van der Waals surface area contributed by atoms with Crippen molar-refractivity contribution in [3.05, 3.63) is 29.3 Å². The summed E-state index contributed by atoms with van der Waals surface area (Å²) in [7, 11) is 0. The molecule has 0 spiro atoms. The van der Waals surface area contributed by atoms with Gasteiger partial charge in [0.25, 0.3) is 5.91 Å². The number of carbonyl (C=O) groups is 1. The van der Waals surface area contributed by atoms with Crippen LogP contribution in [0.15, 0.2) is 18.2 Å². The van der Waals surface area contributed by atoms with Gasteiger partial charge in [0, 0.05) is 0 Å². The van der Waals surface area contributed by atoms with E-state index in [-0.39, 0.29) is 17.0 Å². The van der Waals surface area contributed by atoms with Gasteiger partial charge in [-0.25, -0.2) is 0 Å². The van der Waals surface area contributed by atoms with E-state index < -0.39 is 25.5 Å². The van der Waals surface area contributed by atoms with Crippen molar-refractivity contribution in [1.82, 2.24) is 5.32 Å². The van der Waals surface area contributed by atoms with E-state index in [1.54, 1.807) is 0 Å². The highest BCUT2D eigenvalue weighted by atomic mass is 19.4. The monoisotopic (exact) mass is 305 g/mol. The minimum Gasteiger partial charge on any atom is -0.491 e. The molecule has 116 valence electrons. The number of benzene rings is 1.